The van der Waals surface area contributed by atoms with E-state index in [1.165, 1.54) is 22.6 Å². The first-order valence-electron chi connectivity index (χ1n) is 27.6. The van der Waals surface area contributed by atoms with Gasteiger partial charge in [0, 0.05) is 102 Å². The molecule has 79 heavy (non-hydrogen) atoms. The van der Waals surface area contributed by atoms with Crippen molar-refractivity contribution < 1.29 is 33.3 Å². The average molecular weight is 1140 g/mol. The van der Waals surface area contributed by atoms with Crippen molar-refractivity contribution in [3.05, 3.63) is 168 Å². The lowest BCUT2D eigenvalue weighted by molar-refractivity contribution is -0.183. The van der Waals surface area contributed by atoms with Crippen molar-refractivity contribution in [1.82, 2.24) is 0 Å². The Morgan fingerprint density at radius 3 is 1.06 bits per heavy atom. The minimum absolute atomic E-state index is 0.0598. The Labute approximate surface area is 487 Å². The predicted octanol–water partition coefficient (Wildman–Crippen LogP) is 16.5. The molecule has 4 atom stereocenters. The van der Waals surface area contributed by atoms with Gasteiger partial charge >= 0.3 is 0 Å². The second kappa shape index (κ2) is 26.4. The van der Waals surface area contributed by atoms with E-state index in [9.17, 15) is 14.4 Å². The Morgan fingerprint density at radius 1 is 0.494 bits per heavy atom. The number of carbonyl (C=O) groups excluding carboxylic acids is 3. The first-order chi connectivity index (χ1) is 37.7. The van der Waals surface area contributed by atoms with Gasteiger partial charge in [-0.15, -0.1) is 0 Å². The van der Waals surface area contributed by atoms with Crippen LogP contribution in [-0.4, -0.2) is 70.8 Å². The van der Waals surface area contributed by atoms with Gasteiger partial charge in [0.15, 0.2) is 15.6 Å². The number of fused-ring (bicyclic) bond motifs is 4. The van der Waals surface area contributed by atoms with Crippen LogP contribution in [0.4, 0.5) is 0 Å². The summed E-state index contributed by atoms with van der Waals surface area (Å²) in [6.45, 7) is 13.5. The molecule has 420 valence electrons. The molecular weight excluding hydrogens is 1060 g/mol. The van der Waals surface area contributed by atoms with Gasteiger partial charge < -0.3 is 18.9 Å². The smallest absolute Gasteiger partial charge is 0.221 e. The maximum absolute atomic E-state index is 12.6. The van der Waals surface area contributed by atoms with Gasteiger partial charge in [-0.05, 0) is 195 Å². The molecule has 11 heteroatoms. The summed E-state index contributed by atoms with van der Waals surface area (Å²) < 4.78 is 22.2. The van der Waals surface area contributed by atoms with Crippen molar-refractivity contribution in [2.75, 3.05) is 53.5 Å². The Hall–Kier alpha value is -4.75. The highest BCUT2D eigenvalue weighted by molar-refractivity contribution is 7.99. The maximum Gasteiger partial charge on any atom is 0.221 e. The predicted molar refractivity (Wildman–Crippen MR) is 331 cm³/mol. The van der Waals surface area contributed by atoms with Crippen molar-refractivity contribution in [2.24, 2.45) is 33.5 Å². The van der Waals surface area contributed by atoms with Crippen LogP contribution in [0.25, 0.3) is 0 Å². The number of hydrogen-bond acceptors (Lipinski definition) is 9. The van der Waals surface area contributed by atoms with Gasteiger partial charge in [0.25, 0.3) is 0 Å². The molecule has 0 aromatic heterocycles. The van der Waals surface area contributed by atoms with E-state index < -0.39 is 5.79 Å². The average Bonchev–Trinajstić information content (AvgIpc) is 4.25. The zero-order valence-corrected chi connectivity index (χ0v) is 52.4. The molecule has 0 saturated heterocycles. The fourth-order valence-corrected chi connectivity index (χ4v) is 15.9. The van der Waals surface area contributed by atoms with Crippen molar-refractivity contribution in [3.63, 3.8) is 0 Å². The third-order valence-corrected chi connectivity index (χ3v) is 22.8. The van der Waals surface area contributed by atoms with Gasteiger partial charge in [0.05, 0.1) is 14.2 Å². The van der Waals surface area contributed by atoms with Crippen LogP contribution in [-0.2, 0) is 46.6 Å². The van der Waals surface area contributed by atoms with Gasteiger partial charge in [0.1, 0.15) is 48.1 Å². The van der Waals surface area contributed by atoms with Crippen molar-refractivity contribution in [3.8, 4) is 11.5 Å². The number of benzene rings is 6. The lowest BCUT2D eigenvalue weighted by Crippen LogP contribution is -2.34. The molecular formula is C68H84O7S4+2. The summed E-state index contributed by atoms with van der Waals surface area (Å²) in [6.07, 6.45) is 17.5. The molecule has 4 aliphatic rings. The summed E-state index contributed by atoms with van der Waals surface area (Å²) in [5.41, 5.74) is 4.10. The fourth-order valence-electron chi connectivity index (χ4n) is 12.9. The lowest BCUT2D eigenvalue weighted by Gasteiger charge is -2.35. The minimum atomic E-state index is -0.929. The highest BCUT2D eigenvalue weighted by Crippen LogP contribution is 2.66. The van der Waals surface area contributed by atoms with E-state index in [4.69, 9.17) is 18.9 Å². The Morgan fingerprint density at radius 2 is 0.797 bits per heavy atom. The van der Waals surface area contributed by atoms with Crippen molar-refractivity contribution in [2.45, 2.75) is 128 Å². The summed E-state index contributed by atoms with van der Waals surface area (Å²) in [6, 6.07) is 48.5. The highest BCUT2D eigenvalue weighted by atomic mass is 32.2. The monoisotopic (exact) mass is 1140 g/mol. The summed E-state index contributed by atoms with van der Waals surface area (Å²) in [5.74, 6) is 3.30. The minimum Gasteiger partial charge on any atom is -0.497 e. The van der Waals surface area contributed by atoms with E-state index in [2.05, 4.69) is 127 Å². The molecule has 10 rings (SSSR count). The van der Waals surface area contributed by atoms with Crippen LogP contribution >= 0.6 is 23.5 Å². The molecule has 4 aliphatic carbocycles. The van der Waals surface area contributed by atoms with Crippen LogP contribution in [0.1, 0.15) is 120 Å². The van der Waals surface area contributed by atoms with Gasteiger partial charge in [-0.2, -0.15) is 0 Å². The van der Waals surface area contributed by atoms with E-state index in [-0.39, 0.29) is 38.4 Å². The van der Waals surface area contributed by atoms with Gasteiger partial charge in [-0.3, -0.25) is 14.4 Å². The van der Waals surface area contributed by atoms with Gasteiger partial charge in [0.2, 0.25) is 5.79 Å². The second-order valence-electron chi connectivity index (χ2n) is 22.7. The van der Waals surface area contributed by atoms with Crippen LogP contribution < -0.4 is 9.47 Å². The summed E-state index contributed by atoms with van der Waals surface area (Å²) in [5, 5.41) is 0. The number of hydrogen-bond donors (Lipinski definition) is 0. The molecule has 4 bridgehead atoms. The van der Waals surface area contributed by atoms with Crippen LogP contribution in [0, 0.1) is 33.5 Å². The van der Waals surface area contributed by atoms with Gasteiger partial charge in [-0.25, -0.2) is 0 Å². The second-order valence-corrected chi connectivity index (χ2v) is 29.2. The van der Waals surface area contributed by atoms with Crippen LogP contribution in [0.15, 0.2) is 175 Å². The van der Waals surface area contributed by atoms with Crippen molar-refractivity contribution >= 4 is 62.7 Å². The number of methoxy groups -OCH3 is 4. The van der Waals surface area contributed by atoms with E-state index in [0.29, 0.717) is 39.8 Å². The van der Waals surface area contributed by atoms with Crippen LogP contribution in [0.5, 0.6) is 11.5 Å². The number of rotatable bonds is 16. The first kappa shape index (κ1) is 61.9. The molecule has 0 heterocycles. The first-order valence-corrected chi connectivity index (χ1v) is 33.3. The maximum atomic E-state index is 12.6. The number of Topliss-reactive ketones (excluding diaryl/α,β-unsaturated/α-hetero) is 2. The molecule has 6 aromatic rings. The van der Waals surface area contributed by atoms with Gasteiger partial charge in [-0.1, -0.05) is 77.2 Å². The lowest BCUT2D eigenvalue weighted by atomic mass is 9.67. The summed E-state index contributed by atoms with van der Waals surface area (Å²) in [4.78, 5) is 43.4. The Bertz CT molecular complexity index is 2920. The molecule has 0 radical (unpaired) electrons. The molecule has 4 unspecified atom stereocenters. The van der Waals surface area contributed by atoms with Crippen LogP contribution in [0.2, 0.25) is 0 Å². The van der Waals surface area contributed by atoms with Crippen molar-refractivity contribution in [1.29, 1.82) is 0 Å². The third-order valence-electron chi connectivity index (χ3n) is 18.3. The van der Waals surface area contributed by atoms with E-state index in [1.54, 1.807) is 52.0 Å². The van der Waals surface area contributed by atoms with E-state index in [1.807, 2.05) is 84.9 Å². The largest absolute Gasteiger partial charge is 0.497 e. The quantitative estimate of drug-likeness (QED) is 0.0534. The Balaban J connectivity index is 0.000000163. The molecule has 0 spiro atoms. The Kier molecular flexibility index (Phi) is 20.7. The van der Waals surface area contributed by atoms with E-state index >= 15 is 0 Å². The molecule has 0 aliphatic heterocycles. The van der Waals surface area contributed by atoms with Crippen LogP contribution in [0.3, 0.4) is 0 Å². The zero-order valence-electron chi connectivity index (χ0n) is 49.2. The molecule has 0 N–H and O–H groups in total. The summed E-state index contributed by atoms with van der Waals surface area (Å²) in [7, 11) is 7.13. The highest BCUT2D eigenvalue weighted by Gasteiger charge is 2.63. The SMILES string of the molecule is CCC12CCC(CC1=O)C2(C)C.CCC12CCC(CC1=O)C2(C)C.COc1ccc(Sc2ccc(C(=O)c3ccc([S+](C)C)cc3)cc2)cc1.COc1ccc(Sc2ccc(C(OC)(OC)c3ccc([S+](C)C)cc3)cc2)cc1. The number of carbonyl (C=O) groups is 3. The molecule has 0 amide bonds. The standard InChI is InChI=1S/C24H27O3S2.C22H21O2S2.2C11H18O/c1-25-20-10-14-22(15-11-20)28-21-12-6-18(7-13-21)24(26-2,27-3)19-8-16-23(17-9-19)29(4)5;1-24-18-8-12-20(13-9-18)25-19-10-4-16(5-11-19)22(23)17-6-14-21(15-7-17)26(2)3;2*1-4-11-6-5-8(7-9(11)12)10(11,2)3/h6-17H,1-5H3;4-15H,1-3H3;2*8H,4-7H2,1-3H3/q2*+1;;. The molecule has 4 fully saturated rings. The topological polar surface area (TPSA) is 88.1 Å². The number of ketones is 3. The number of ether oxygens (including phenoxy) is 4. The molecule has 6 aromatic carbocycles. The summed E-state index contributed by atoms with van der Waals surface area (Å²) >= 11 is 3.37. The third kappa shape index (κ3) is 13.0. The van der Waals surface area contributed by atoms with E-state index in [0.717, 1.165) is 86.3 Å². The molecule has 4 saturated carbocycles. The zero-order chi connectivity index (χ0) is 57.3. The molecule has 7 nitrogen and oxygen atoms in total. The fraction of sp³-hybridized carbons (Fsp3) is 0.426. The normalized spacial score (nSPS) is 21.2.